The minimum atomic E-state index is 0.268. The van der Waals surface area contributed by atoms with Crippen LogP contribution in [-0.2, 0) is 19.8 Å². The summed E-state index contributed by atoms with van der Waals surface area (Å²) in [5.41, 5.74) is 3.51. The van der Waals surface area contributed by atoms with Crippen LogP contribution in [0.5, 0.6) is 11.5 Å². The predicted molar refractivity (Wildman–Crippen MR) is 141 cm³/mol. The Morgan fingerprint density at radius 3 is 2.19 bits per heavy atom. The van der Waals surface area contributed by atoms with Gasteiger partial charge in [-0.15, -0.1) is 0 Å². The molecular formula is C28H29N5O2S. The number of hydrogen-bond donors (Lipinski definition) is 0. The van der Waals surface area contributed by atoms with Crippen molar-refractivity contribution in [3.8, 4) is 22.9 Å². The van der Waals surface area contributed by atoms with E-state index in [1.807, 2.05) is 35.0 Å². The van der Waals surface area contributed by atoms with Crippen molar-refractivity contribution in [2.75, 3.05) is 33.0 Å². The molecule has 8 heteroatoms. The van der Waals surface area contributed by atoms with Crippen molar-refractivity contribution < 1.29 is 9.47 Å². The van der Waals surface area contributed by atoms with Gasteiger partial charge in [-0.2, -0.15) is 5.10 Å². The fourth-order valence-electron chi connectivity index (χ4n) is 4.82. The van der Waals surface area contributed by atoms with Crippen LogP contribution in [0.4, 0.5) is 0 Å². The molecule has 4 aromatic rings. The Bertz CT molecular complexity index is 1380. The van der Waals surface area contributed by atoms with Gasteiger partial charge in [-0.05, 0) is 35.5 Å². The summed E-state index contributed by atoms with van der Waals surface area (Å²) in [6.07, 6.45) is 0. The van der Waals surface area contributed by atoms with Crippen molar-refractivity contribution in [2.45, 2.75) is 19.8 Å². The van der Waals surface area contributed by atoms with Crippen LogP contribution in [0.25, 0.3) is 11.4 Å². The third kappa shape index (κ3) is 4.93. The third-order valence-corrected chi connectivity index (χ3v) is 7.21. The summed E-state index contributed by atoms with van der Waals surface area (Å²) in [5.74, 6) is 2.44. The van der Waals surface area contributed by atoms with Crippen molar-refractivity contribution in [3.05, 3.63) is 94.8 Å². The maximum Gasteiger partial charge on any atom is 0.231 e. The van der Waals surface area contributed by atoms with Gasteiger partial charge in [0, 0.05) is 38.3 Å². The van der Waals surface area contributed by atoms with Gasteiger partial charge in [-0.1, -0.05) is 66.7 Å². The molecule has 2 aliphatic heterocycles. The Morgan fingerprint density at radius 2 is 1.42 bits per heavy atom. The number of piperazine rings is 1. The highest BCUT2D eigenvalue weighted by atomic mass is 32.1. The average Bonchev–Trinajstić information content (AvgIpc) is 3.51. The van der Waals surface area contributed by atoms with Crippen molar-refractivity contribution in [1.82, 2.24) is 24.1 Å². The summed E-state index contributed by atoms with van der Waals surface area (Å²) in [6.45, 7) is 6.61. The van der Waals surface area contributed by atoms with Crippen LogP contribution in [0.15, 0.2) is 78.9 Å². The Morgan fingerprint density at radius 1 is 0.722 bits per heavy atom. The standard InChI is InChI=1S/C28H29N5O2S/c36-28-32(19-23-11-12-25-26(17-23)35-21-34-25)27(24-9-5-2-6-10-24)29-33(28)20-31-15-13-30(14-16-31)18-22-7-3-1-4-8-22/h1-12,17H,13-16,18-21H2. The smallest absolute Gasteiger partial charge is 0.231 e. The zero-order valence-electron chi connectivity index (χ0n) is 20.1. The Labute approximate surface area is 216 Å². The minimum Gasteiger partial charge on any atom is -0.454 e. The number of aromatic nitrogens is 3. The molecule has 3 aromatic carbocycles. The third-order valence-electron chi connectivity index (χ3n) is 6.78. The van der Waals surface area contributed by atoms with Gasteiger partial charge in [0.05, 0.1) is 13.2 Å². The quantitative estimate of drug-likeness (QED) is 0.346. The van der Waals surface area contributed by atoms with Crippen molar-refractivity contribution in [3.63, 3.8) is 0 Å². The van der Waals surface area contributed by atoms with Gasteiger partial charge in [0.2, 0.25) is 6.79 Å². The van der Waals surface area contributed by atoms with E-state index in [4.69, 9.17) is 26.8 Å². The van der Waals surface area contributed by atoms with E-state index in [2.05, 4.69) is 62.9 Å². The van der Waals surface area contributed by atoms with Crippen molar-refractivity contribution in [1.29, 1.82) is 0 Å². The first-order valence-electron chi connectivity index (χ1n) is 12.3. The maximum absolute atomic E-state index is 5.96. The van der Waals surface area contributed by atoms with Crippen molar-refractivity contribution in [2.24, 2.45) is 0 Å². The molecule has 0 aliphatic carbocycles. The van der Waals surface area contributed by atoms with Crippen molar-refractivity contribution >= 4 is 12.2 Å². The summed E-state index contributed by atoms with van der Waals surface area (Å²) in [6, 6.07) is 27.0. The number of ether oxygens (including phenoxy) is 2. The van der Waals surface area contributed by atoms with E-state index in [1.54, 1.807) is 0 Å². The SMILES string of the molecule is S=c1n(CN2CCN(Cc3ccccc3)CC2)nc(-c2ccccc2)n1Cc1ccc2c(c1)OCO2. The first-order chi connectivity index (χ1) is 17.7. The molecule has 6 rings (SSSR count). The topological polar surface area (TPSA) is 47.7 Å². The summed E-state index contributed by atoms with van der Waals surface area (Å²) in [4.78, 5) is 4.95. The van der Waals surface area contributed by atoms with E-state index >= 15 is 0 Å². The molecule has 0 bridgehead atoms. The lowest BCUT2D eigenvalue weighted by atomic mass is 10.2. The first-order valence-corrected chi connectivity index (χ1v) is 12.7. The zero-order chi connectivity index (χ0) is 24.3. The Balaban J connectivity index is 1.20. The second-order valence-corrected chi connectivity index (χ2v) is 9.63. The molecule has 0 unspecified atom stereocenters. The molecular weight excluding hydrogens is 470 g/mol. The van der Waals surface area contributed by atoms with E-state index in [0.717, 1.165) is 65.9 Å². The van der Waals surface area contributed by atoms with Gasteiger partial charge in [0.1, 0.15) is 0 Å². The van der Waals surface area contributed by atoms with E-state index in [-0.39, 0.29) is 6.79 Å². The molecule has 7 nitrogen and oxygen atoms in total. The fourth-order valence-corrected chi connectivity index (χ4v) is 5.07. The molecule has 2 aliphatic rings. The molecule has 1 aromatic heterocycles. The van der Waals surface area contributed by atoms with E-state index in [9.17, 15) is 0 Å². The Hall–Kier alpha value is -3.46. The van der Waals surface area contributed by atoms with Crippen LogP contribution in [0, 0.1) is 4.77 Å². The van der Waals surface area contributed by atoms with Gasteiger partial charge in [-0.3, -0.25) is 14.4 Å². The molecule has 36 heavy (non-hydrogen) atoms. The van der Waals surface area contributed by atoms with E-state index in [1.165, 1.54) is 5.56 Å². The van der Waals surface area contributed by atoms with Gasteiger partial charge in [0.15, 0.2) is 22.1 Å². The molecule has 1 saturated heterocycles. The molecule has 0 radical (unpaired) electrons. The number of rotatable bonds is 7. The van der Waals surface area contributed by atoms with Crippen LogP contribution in [-0.4, -0.2) is 57.1 Å². The van der Waals surface area contributed by atoms with Gasteiger partial charge >= 0.3 is 0 Å². The van der Waals surface area contributed by atoms with Crippen LogP contribution < -0.4 is 9.47 Å². The number of benzene rings is 3. The van der Waals surface area contributed by atoms with Crippen LogP contribution in [0.1, 0.15) is 11.1 Å². The number of fused-ring (bicyclic) bond motifs is 1. The highest BCUT2D eigenvalue weighted by molar-refractivity contribution is 7.71. The number of nitrogens with zero attached hydrogens (tertiary/aromatic N) is 5. The normalized spacial score (nSPS) is 15.9. The molecule has 0 atom stereocenters. The van der Waals surface area contributed by atoms with Crippen LogP contribution in [0.3, 0.4) is 0 Å². The lowest BCUT2D eigenvalue weighted by molar-refractivity contribution is 0.0981. The molecule has 3 heterocycles. The molecule has 0 spiro atoms. The molecule has 184 valence electrons. The summed E-state index contributed by atoms with van der Waals surface area (Å²) in [7, 11) is 0. The predicted octanol–water partition coefficient (Wildman–Crippen LogP) is 4.63. The number of hydrogen-bond acceptors (Lipinski definition) is 6. The van der Waals surface area contributed by atoms with Gasteiger partial charge < -0.3 is 9.47 Å². The van der Waals surface area contributed by atoms with Gasteiger partial charge in [-0.25, -0.2) is 4.68 Å². The van der Waals surface area contributed by atoms with E-state index < -0.39 is 0 Å². The summed E-state index contributed by atoms with van der Waals surface area (Å²) >= 11 is 5.96. The second-order valence-electron chi connectivity index (χ2n) is 9.27. The monoisotopic (exact) mass is 499 g/mol. The largest absolute Gasteiger partial charge is 0.454 e. The van der Waals surface area contributed by atoms with E-state index in [0.29, 0.717) is 13.2 Å². The summed E-state index contributed by atoms with van der Waals surface area (Å²) < 4.78 is 15.9. The maximum atomic E-state index is 5.96. The average molecular weight is 500 g/mol. The lowest BCUT2D eigenvalue weighted by Gasteiger charge is -2.34. The lowest BCUT2D eigenvalue weighted by Crippen LogP contribution is -2.46. The van der Waals surface area contributed by atoms with Gasteiger partial charge in [0.25, 0.3) is 0 Å². The molecule has 1 fully saturated rings. The highest BCUT2D eigenvalue weighted by Gasteiger charge is 2.21. The zero-order valence-corrected chi connectivity index (χ0v) is 20.9. The molecule has 0 saturated carbocycles. The summed E-state index contributed by atoms with van der Waals surface area (Å²) in [5, 5.41) is 4.99. The molecule has 0 amide bonds. The Kier molecular flexibility index (Phi) is 6.55. The molecule has 0 N–H and O–H groups in total. The fraction of sp³-hybridized carbons (Fsp3) is 0.286. The minimum absolute atomic E-state index is 0.268. The van der Waals surface area contributed by atoms with Crippen LogP contribution in [0.2, 0.25) is 0 Å². The second kappa shape index (κ2) is 10.3. The first kappa shape index (κ1) is 23.0. The van der Waals surface area contributed by atoms with Crippen LogP contribution >= 0.6 is 12.2 Å². The highest BCUT2D eigenvalue weighted by Crippen LogP contribution is 2.33.